The molecule has 0 saturated carbocycles. The van der Waals surface area contributed by atoms with Crippen LogP contribution in [0.4, 0.5) is 0 Å². The molecule has 1 N–H and O–H groups in total. The summed E-state index contributed by atoms with van der Waals surface area (Å²) in [6.07, 6.45) is 4.97. The van der Waals surface area contributed by atoms with Gasteiger partial charge in [-0.15, -0.1) is 0 Å². The smallest absolute Gasteiger partial charge is 0.332 e. The quantitative estimate of drug-likeness (QED) is 0.643. The maximum Gasteiger partial charge on any atom is 0.332 e. The Morgan fingerprint density at radius 3 is 2.76 bits per heavy atom. The third-order valence-electron chi connectivity index (χ3n) is 4.89. The van der Waals surface area contributed by atoms with Gasteiger partial charge in [-0.3, -0.25) is 23.7 Å². The third-order valence-corrected chi connectivity index (χ3v) is 4.89. The van der Waals surface area contributed by atoms with Gasteiger partial charge in [0.1, 0.15) is 6.54 Å². The highest BCUT2D eigenvalue weighted by Crippen LogP contribution is 2.10. The lowest BCUT2D eigenvalue weighted by atomic mass is 10.2. The molecule has 4 rings (SSSR count). The van der Waals surface area contributed by atoms with Crippen LogP contribution in [-0.4, -0.2) is 44.3 Å². The molecule has 1 unspecified atom stereocenters. The summed E-state index contributed by atoms with van der Waals surface area (Å²) in [6, 6.07) is 8.51. The standard InChI is InChI=1S/C20H21N5O4/c26-17(23-11-15-6-4-10-29-15)13-24-16-7-3-9-22-18(16)19(27)25(20(24)28)12-14-5-1-2-8-21-14/h1-3,5,7-9,15H,4,6,10-13H2,(H,23,26). The van der Waals surface area contributed by atoms with E-state index >= 15 is 0 Å². The molecule has 0 aromatic carbocycles. The minimum absolute atomic E-state index is 0.00253. The summed E-state index contributed by atoms with van der Waals surface area (Å²) in [7, 11) is 0. The van der Waals surface area contributed by atoms with E-state index in [1.54, 1.807) is 36.5 Å². The summed E-state index contributed by atoms with van der Waals surface area (Å²) in [5, 5.41) is 2.80. The van der Waals surface area contributed by atoms with Crippen LogP contribution in [0.5, 0.6) is 0 Å². The van der Waals surface area contributed by atoms with E-state index in [1.165, 1.54) is 10.8 Å². The number of ether oxygens (including phenoxy) is 1. The second-order valence-electron chi connectivity index (χ2n) is 6.89. The summed E-state index contributed by atoms with van der Waals surface area (Å²) in [5.74, 6) is -0.323. The molecule has 1 amide bonds. The molecular weight excluding hydrogens is 374 g/mol. The zero-order valence-corrected chi connectivity index (χ0v) is 15.8. The van der Waals surface area contributed by atoms with E-state index in [1.807, 2.05) is 0 Å². The van der Waals surface area contributed by atoms with Crippen molar-refractivity contribution in [2.75, 3.05) is 13.2 Å². The average Bonchev–Trinajstić information content (AvgIpc) is 3.27. The Morgan fingerprint density at radius 2 is 2.00 bits per heavy atom. The number of nitrogens with one attached hydrogen (secondary N) is 1. The fourth-order valence-corrected chi connectivity index (χ4v) is 3.42. The van der Waals surface area contributed by atoms with Gasteiger partial charge in [-0.05, 0) is 37.1 Å². The summed E-state index contributed by atoms with van der Waals surface area (Å²) in [6.45, 7) is 0.894. The SMILES string of the molecule is O=C(Cn1c(=O)n(Cc2ccccn2)c(=O)c2ncccc21)NCC1CCCO1. The van der Waals surface area contributed by atoms with Crippen LogP contribution in [0.3, 0.4) is 0 Å². The van der Waals surface area contributed by atoms with Crippen molar-refractivity contribution in [3.63, 3.8) is 0 Å². The molecule has 9 heteroatoms. The summed E-state index contributed by atoms with van der Waals surface area (Å²) in [4.78, 5) is 46.7. The van der Waals surface area contributed by atoms with Crippen molar-refractivity contribution in [1.29, 1.82) is 0 Å². The molecule has 3 aromatic rings. The number of hydrogen-bond donors (Lipinski definition) is 1. The van der Waals surface area contributed by atoms with Crippen LogP contribution < -0.4 is 16.6 Å². The molecule has 1 fully saturated rings. The van der Waals surface area contributed by atoms with E-state index < -0.39 is 11.2 Å². The maximum absolute atomic E-state index is 13.1. The van der Waals surface area contributed by atoms with Crippen molar-refractivity contribution in [3.8, 4) is 0 Å². The zero-order chi connectivity index (χ0) is 20.2. The molecule has 0 spiro atoms. The van der Waals surface area contributed by atoms with E-state index in [2.05, 4.69) is 15.3 Å². The number of pyridine rings is 2. The lowest BCUT2D eigenvalue weighted by Crippen LogP contribution is -2.44. The minimum atomic E-state index is -0.576. The number of carbonyl (C=O) groups is 1. The van der Waals surface area contributed by atoms with Gasteiger partial charge in [0, 0.05) is 25.5 Å². The molecule has 0 radical (unpaired) electrons. The van der Waals surface area contributed by atoms with E-state index in [0.717, 1.165) is 17.4 Å². The maximum atomic E-state index is 13.1. The van der Waals surface area contributed by atoms with Gasteiger partial charge < -0.3 is 10.1 Å². The Hall–Kier alpha value is -3.33. The Balaban J connectivity index is 1.67. The van der Waals surface area contributed by atoms with Gasteiger partial charge >= 0.3 is 5.69 Å². The Kier molecular flexibility index (Phi) is 5.48. The summed E-state index contributed by atoms with van der Waals surface area (Å²) in [5.41, 5.74) is -0.0564. The molecule has 9 nitrogen and oxygen atoms in total. The first kappa shape index (κ1) is 19.0. The van der Waals surface area contributed by atoms with Gasteiger partial charge in [0.05, 0.1) is 23.9 Å². The van der Waals surface area contributed by atoms with Crippen LogP contribution in [0, 0.1) is 0 Å². The van der Waals surface area contributed by atoms with E-state index in [9.17, 15) is 14.4 Å². The molecule has 29 heavy (non-hydrogen) atoms. The number of hydrogen-bond acceptors (Lipinski definition) is 6. The number of rotatable bonds is 6. The van der Waals surface area contributed by atoms with Gasteiger partial charge in [0.15, 0.2) is 5.52 Å². The van der Waals surface area contributed by atoms with Crippen molar-refractivity contribution in [3.05, 3.63) is 69.3 Å². The second kappa shape index (κ2) is 8.36. The molecule has 1 aliphatic rings. The van der Waals surface area contributed by atoms with Crippen molar-refractivity contribution in [2.45, 2.75) is 32.0 Å². The predicted octanol–water partition coefficient (Wildman–Crippen LogP) is 0.297. The van der Waals surface area contributed by atoms with Crippen LogP contribution in [0.15, 0.2) is 52.3 Å². The lowest BCUT2D eigenvalue weighted by Gasteiger charge is -2.14. The van der Waals surface area contributed by atoms with Gasteiger partial charge in [-0.2, -0.15) is 0 Å². The molecule has 1 saturated heterocycles. The van der Waals surface area contributed by atoms with Crippen LogP contribution >= 0.6 is 0 Å². The summed E-state index contributed by atoms with van der Waals surface area (Å²) >= 11 is 0. The van der Waals surface area contributed by atoms with Crippen molar-refractivity contribution in [1.82, 2.24) is 24.4 Å². The fraction of sp³-hybridized carbons (Fsp3) is 0.350. The zero-order valence-electron chi connectivity index (χ0n) is 15.8. The second-order valence-corrected chi connectivity index (χ2v) is 6.89. The first-order valence-corrected chi connectivity index (χ1v) is 9.50. The molecular formula is C20H21N5O4. The fourth-order valence-electron chi connectivity index (χ4n) is 3.42. The Morgan fingerprint density at radius 1 is 1.14 bits per heavy atom. The van der Waals surface area contributed by atoms with Gasteiger partial charge in [-0.25, -0.2) is 9.78 Å². The third kappa shape index (κ3) is 4.09. The predicted molar refractivity (Wildman–Crippen MR) is 106 cm³/mol. The Bertz CT molecular complexity index is 1130. The van der Waals surface area contributed by atoms with Crippen LogP contribution in [0.2, 0.25) is 0 Å². The van der Waals surface area contributed by atoms with E-state index in [4.69, 9.17) is 4.74 Å². The van der Waals surface area contributed by atoms with Gasteiger partial charge in [0.2, 0.25) is 5.91 Å². The van der Waals surface area contributed by atoms with Crippen LogP contribution in [0.25, 0.3) is 11.0 Å². The van der Waals surface area contributed by atoms with Gasteiger partial charge in [0.25, 0.3) is 5.56 Å². The molecule has 0 bridgehead atoms. The average molecular weight is 395 g/mol. The van der Waals surface area contributed by atoms with E-state index in [0.29, 0.717) is 24.4 Å². The number of nitrogens with zero attached hydrogens (tertiary/aromatic N) is 4. The molecule has 4 heterocycles. The largest absolute Gasteiger partial charge is 0.376 e. The first-order valence-electron chi connectivity index (χ1n) is 9.50. The Labute approximate surface area is 166 Å². The highest BCUT2D eigenvalue weighted by atomic mass is 16.5. The lowest BCUT2D eigenvalue weighted by molar-refractivity contribution is -0.122. The number of aromatic nitrogens is 4. The topological polar surface area (TPSA) is 108 Å². The highest BCUT2D eigenvalue weighted by molar-refractivity contribution is 5.79. The minimum Gasteiger partial charge on any atom is -0.376 e. The highest BCUT2D eigenvalue weighted by Gasteiger charge is 2.19. The van der Waals surface area contributed by atoms with Crippen molar-refractivity contribution < 1.29 is 9.53 Å². The van der Waals surface area contributed by atoms with Crippen molar-refractivity contribution >= 4 is 16.9 Å². The normalized spacial score (nSPS) is 16.2. The first-order chi connectivity index (χ1) is 14.1. The monoisotopic (exact) mass is 395 g/mol. The number of carbonyl (C=O) groups excluding carboxylic acids is 1. The molecule has 1 aliphatic heterocycles. The van der Waals surface area contributed by atoms with E-state index in [-0.39, 0.29) is 30.6 Å². The van der Waals surface area contributed by atoms with Crippen molar-refractivity contribution in [2.24, 2.45) is 0 Å². The van der Waals surface area contributed by atoms with Crippen LogP contribution in [-0.2, 0) is 22.6 Å². The molecule has 1 atom stereocenters. The van der Waals surface area contributed by atoms with Gasteiger partial charge in [-0.1, -0.05) is 6.07 Å². The molecule has 0 aliphatic carbocycles. The summed E-state index contributed by atoms with van der Waals surface area (Å²) < 4.78 is 7.84. The molecule has 3 aromatic heterocycles. The van der Waals surface area contributed by atoms with Crippen LogP contribution in [0.1, 0.15) is 18.5 Å². The molecule has 150 valence electrons. The number of fused-ring (bicyclic) bond motifs is 1. The number of amides is 1.